The van der Waals surface area contributed by atoms with E-state index in [9.17, 15) is 14.7 Å². The molecular weight excluding hydrogens is 611 g/mol. The fraction of sp³-hybridized carbons (Fsp3) is 0.429. The van der Waals surface area contributed by atoms with E-state index in [1.807, 2.05) is 18.2 Å². The highest BCUT2D eigenvalue weighted by atomic mass is 35.5. The number of nitrogens with zero attached hydrogens (tertiary/aromatic N) is 4. The van der Waals surface area contributed by atoms with Crippen molar-refractivity contribution in [2.75, 3.05) is 49.9 Å². The number of para-hydroxylation sites is 1. The van der Waals surface area contributed by atoms with Gasteiger partial charge in [0.1, 0.15) is 11.6 Å². The van der Waals surface area contributed by atoms with Gasteiger partial charge >= 0.3 is 5.97 Å². The molecule has 3 aromatic rings. The summed E-state index contributed by atoms with van der Waals surface area (Å²) in [4.78, 5) is 34.2. The standard InChI is InChI=1S/C35H38ClFN4O5/c1-20-15-40(21(2)14-38(20)3)23-9-10-27(30(36)11-23)34(42)39-16-22-5-4-6-26(33(22)46-19-39)28-13-32(29(35(43)44)12-31(28)37)41-24-7-8-25(41)18-45-17-24/h4-6,9-13,20-21,24-25H,7-8,14-19H2,1-3H3,(H,43,44)/t20-,21-,24?,25?/m1/s1. The van der Waals surface area contributed by atoms with Crippen LogP contribution in [0.5, 0.6) is 5.75 Å². The highest BCUT2D eigenvalue weighted by molar-refractivity contribution is 6.34. The lowest BCUT2D eigenvalue weighted by molar-refractivity contribution is 0.0515. The number of carbonyl (C=O) groups excluding carboxylic acids is 1. The molecule has 3 fully saturated rings. The molecule has 242 valence electrons. The van der Waals surface area contributed by atoms with Crippen LogP contribution in [0.15, 0.2) is 48.5 Å². The first-order chi connectivity index (χ1) is 22.1. The van der Waals surface area contributed by atoms with Gasteiger partial charge in [-0.15, -0.1) is 0 Å². The van der Waals surface area contributed by atoms with Crippen LogP contribution in [0.2, 0.25) is 5.02 Å². The van der Waals surface area contributed by atoms with E-state index in [2.05, 4.69) is 35.6 Å². The minimum Gasteiger partial charge on any atom is -0.478 e. The fourth-order valence-electron chi connectivity index (χ4n) is 7.48. The molecule has 11 heteroatoms. The Bertz CT molecular complexity index is 1690. The van der Waals surface area contributed by atoms with Gasteiger partial charge < -0.3 is 29.3 Å². The highest BCUT2D eigenvalue weighted by Crippen LogP contribution is 2.43. The summed E-state index contributed by atoms with van der Waals surface area (Å²) >= 11 is 6.72. The summed E-state index contributed by atoms with van der Waals surface area (Å²) in [7, 11) is 2.13. The molecule has 4 atom stereocenters. The van der Waals surface area contributed by atoms with Gasteiger partial charge in [0.05, 0.1) is 53.7 Å². The van der Waals surface area contributed by atoms with Crippen LogP contribution in [0.3, 0.4) is 0 Å². The Hall–Kier alpha value is -3.86. The van der Waals surface area contributed by atoms with E-state index >= 15 is 4.39 Å². The number of anilines is 2. The first-order valence-corrected chi connectivity index (χ1v) is 16.2. The Morgan fingerprint density at radius 2 is 1.72 bits per heavy atom. The van der Waals surface area contributed by atoms with Gasteiger partial charge in [-0.25, -0.2) is 9.18 Å². The van der Waals surface area contributed by atoms with E-state index in [1.54, 1.807) is 29.2 Å². The summed E-state index contributed by atoms with van der Waals surface area (Å²) in [5.74, 6) is -1.60. The van der Waals surface area contributed by atoms with Crippen LogP contribution in [0.25, 0.3) is 11.1 Å². The molecule has 0 aliphatic carbocycles. The maximum absolute atomic E-state index is 15.7. The number of benzene rings is 3. The fourth-order valence-corrected chi connectivity index (χ4v) is 7.73. The van der Waals surface area contributed by atoms with Gasteiger partial charge in [-0.3, -0.25) is 9.69 Å². The van der Waals surface area contributed by atoms with E-state index in [0.717, 1.165) is 43.2 Å². The molecule has 4 aliphatic rings. The lowest BCUT2D eigenvalue weighted by atomic mass is 9.96. The Balaban J connectivity index is 1.15. The Kier molecular flexibility index (Phi) is 8.07. The third-order valence-corrected chi connectivity index (χ3v) is 10.4. The van der Waals surface area contributed by atoms with Crippen molar-refractivity contribution in [1.82, 2.24) is 9.80 Å². The average molecular weight is 649 g/mol. The first kappa shape index (κ1) is 30.8. The topological polar surface area (TPSA) is 85.8 Å². The molecule has 1 amide bonds. The van der Waals surface area contributed by atoms with Crippen molar-refractivity contribution in [3.63, 3.8) is 0 Å². The van der Waals surface area contributed by atoms with Crippen LogP contribution in [-0.4, -0.2) is 91.0 Å². The zero-order valence-electron chi connectivity index (χ0n) is 26.2. The molecule has 4 aliphatic heterocycles. The predicted octanol–water partition coefficient (Wildman–Crippen LogP) is 5.73. The second-order valence-electron chi connectivity index (χ2n) is 13.0. The Labute approximate surface area is 273 Å². The van der Waals surface area contributed by atoms with Gasteiger partial charge in [0.2, 0.25) is 0 Å². The molecule has 2 unspecified atom stereocenters. The molecule has 3 saturated heterocycles. The van der Waals surface area contributed by atoms with Gasteiger partial charge in [-0.2, -0.15) is 0 Å². The summed E-state index contributed by atoms with van der Waals surface area (Å²) in [5, 5.41) is 10.4. The summed E-state index contributed by atoms with van der Waals surface area (Å²) in [5.41, 5.74) is 3.29. The number of hydrogen-bond donors (Lipinski definition) is 1. The number of piperazine rings is 1. The molecule has 0 radical (unpaired) electrons. The predicted molar refractivity (Wildman–Crippen MR) is 175 cm³/mol. The lowest BCUT2D eigenvalue weighted by Crippen LogP contribution is -2.55. The summed E-state index contributed by atoms with van der Waals surface area (Å²) in [6.07, 6.45) is 1.79. The second-order valence-corrected chi connectivity index (χ2v) is 13.4. The van der Waals surface area contributed by atoms with Crippen LogP contribution in [-0.2, 0) is 11.3 Å². The number of fused-ring (bicyclic) bond motifs is 3. The number of rotatable bonds is 5. The number of carboxylic acid groups (broad SMARTS) is 1. The molecule has 0 aromatic heterocycles. The molecule has 7 rings (SSSR count). The molecular formula is C35H38ClFN4O5. The van der Waals surface area contributed by atoms with E-state index < -0.39 is 11.8 Å². The van der Waals surface area contributed by atoms with Gasteiger partial charge in [0.15, 0.2) is 6.73 Å². The van der Waals surface area contributed by atoms with Crippen molar-refractivity contribution < 1.29 is 28.6 Å². The van der Waals surface area contributed by atoms with Crippen LogP contribution >= 0.6 is 11.6 Å². The van der Waals surface area contributed by atoms with Gasteiger partial charge in [-0.05, 0) is 64.1 Å². The molecule has 0 saturated carbocycles. The summed E-state index contributed by atoms with van der Waals surface area (Å²) in [6, 6.07) is 14.6. The number of carbonyl (C=O) groups is 2. The number of halogens is 2. The molecule has 4 heterocycles. The number of aromatic carboxylic acids is 1. The monoisotopic (exact) mass is 648 g/mol. The molecule has 0 spiro atoms. The highest BCUT2D eigenvalue weighted by Gasteiger charge is 2.40. The van der Waals surface area contributed by atoms with Crippen molar-refractivity contribution in [3.05, 3.63) is 76.1 Å². The number of carboxylic acids is 1. The molecule has 46 heavy (non-hydrogen) atoms. The zero-order chi connectivity index (χ0) is 32.3. The third kappa shape index (κ3) is 5.36. The largest absolute Gasteiger partial charge is 0.478 e. The number of ether oxygens (including phenoxy) is 2. The van der Waals surface area contributed by atoms with Crippen molar-refractivity contribution in [2.45, 2.75) is 57.4 Å². The number of hydrogen-bond acceptors (Lipinski definition) is 7. The molecule has 9 nitrogen and oxygen atoms in total. The molecule has 3 aromatic carbocycles. The Morgan fingerprint density at radius 1 is 0.957 bits per heavy atom. The number of amides is 1. The maximum atomic E-state index is 15.7. The number of likely N-dealkylation sites (N-methyl/N-ethyl adjacent to an activating group) is 1. The first-order valence-electron chi connectivity index (χ1n) is 15.8. The minimum atomic E-state index is -1.17. The third-order valence-electron chi connectivity index (χ3n) is 10.0. The van der Waals surface area contributed by atoms with Crippen molar-refractivity contribution >= 4 is 34.9 Å². The van der Waals surface area contributed by atoms with Crippen LogP contribution in [0.4, 0.5) is 15.8 Å². The van der Waals surface area contributed by atoms with Crippen LogP contribution < -0.4 is 14.5 Å². The van der Waals surface area contributed by atoms with Crippen molar-refractivity contribution in [2.24, 2.45) is 0 Å². The summed E-state index contributed by atoms with van der Waals surface area (Å²) < 4.78 is 27.6. The van der Waals surface area contributed by atoms with E-state index in [-0.39, 0.29) is 42.4 Å². The van der Waals surface area contributed by atoms with E-state index in [1.165, 1.54) is 0 Å². The zero-order valence-corrected chi connectivity index (χ0v) is 27.0. The van der Waals surface area contributed by atoms with Gasteiger partial charge in [0, 0.05) is 47.6 Å². The quantitative estimate of drug-likeness (QED) is 0.376. The lowest BCUT2D eigenvalue weighted by Gasteiger charge is -2.44. The minimum absolute atomic E-state index is 0.0385. The van der Waals surface area contributed by atoms with Crippen molar-refractivity contribution in [3.8, 4) is 16.9 Å². The van der Waals surface area contributed by atoms with Crippen LogP contribution in [0.1, 0.15) is 53.0 Å². The van der Waals surface area contributed by atoms with Gasteiger partial charge in [0.25, 0.3) is 5.91 Å². The van der Waals surface area contributed by atoms with Crippen molar-refractivity contribution in [1.29, 1.82) is 0 Å². The second kappa shape index (κ2) is 12.1. The molecule has 2 bridgehead atoms. The SMILES string of the molecule is C[C@@H]1CN(c2ccc(C(=O)N3COc4c(cccc4-c4cc(N5C6CCC5COC6)c(C(=O)O)cc4F)C3)c(Cl)c2)[C@H](C)CN1C. The average Bonchev–Trinajstić information content (AvgIpc) is 3.28. The van der Waals surface area contributed by atoms with E-state index in [4.69, 9.17) is 21.1 Å². The Morgan fingerprint density at radius 3 is 2.43 bits per heavy atom. The van der Waals surface area contributed by atoms with Gasteiger partial charge in [-0.1, -0.05) is 29.8 Å². The normalized spacial score (nSPS) is 24.5. The molecule has 1 N–H and O–H groups in total. The van der Waals surface area contributed by atoms with Crippen LogP contribution in [0, 0.1) is 5.82 Å². The number of morpholine rings is 1. The maximum Gasteiger partial charge on any atom is 0.337 e. The summed E-state index contributed by atoms with van der Waals surface area (Å²) in [6.45, 7) is 7.43. The van der Waals surface area contributed by atoms with E-state index in [0.29, 0.717) is 52.9 Å². The smallest absolute Gasteiger partial charge is 0.337 e.